The van der Waals surface area contributed by atoms with Crippen LogP contribution < -0.4 is 21.3 Å². The second kappa shape index (κ2) is 27.1. The lowest BCUT2D eigenvalue weighted by Gasteiger charge is -2.09. The number of nitrogens with one attached hydrogen (secondary N) is 4. The minimum atomic E-state index is 0.746. The predicted octanol–water partition coefficient (Wildman–Crippen LogP) is 5.32. The standard InChI is InChI=1S/C9H22N2.C8H10.C5H14N2.C3H8/c1-8(2)5-10-7-11-6-9(3)4;1-7-3-5-8(2)6-4-7;1-3-6-5-7-4-2;1-3-2/h8-11H,5-7H2,1-4H3;3-6H,1-2H3;6-7H,3-5H2,1-2H3;3H2,1-2H3. The van der Waals surface area contributed by atoms with Gasteiger partial charge in [0.2, 0.25) is 0 Å². The quantitative estimate of drug-likeness (QED) is 0.311. The molecular weight excluding hydrogens is 356 g/mol. The van der Waals surface area contributed by atoms with E-state index in [0.717, 1.165) is 51.4 Å². The van der Waals surface area contributed by atoms with Gasteiger partial charge in [-0.3, -0.25) is 0 Å². The lowest BCUT2D eigenvalue weighted by atomic mass is 10.2. The molecule has 0 atom stereocenters. The molecule has 1 rings (SSSR count). The molecule has 0 bridgehead atoms. The van der Waals surface area contributed by atoms with Gasteiger partial charge in [0.25, 0.3) is 0 Å². The smallest absolute Gasteiger partial charge is 0.0454 e. The van der Waals surface area contributed by atoms with Crippen molar-refractivity contribution in [1.29, 1.82) is 0 Å². The van der Waals surface area contributed by atoms with Crippen LogP contribution in [0.3, 0.4) is 0 Å². The predicted molar refractivity (Wildman–Crippen MR) is 135 cm³/mol. The van der Waals surface area contributed by atoms with E-state index in [-0.39, 0.29) is 0 Å². The molecule has 0 fully saturated rings. The Kier molecular flexibility index (Phi) is 30.5. The highest BCUT2D eigenvalue weighted by Crippen LogP contribution is 1.99. The van der Waals surface area contributed by atoms with Crippen LogP contribution in [0.1, 0.15) is 72.9 Å². The Hall–Kier alpha value is -0.940. The lowest BCUT2D eigenvalue weighted by Crippen LogP contribution is -2.33. The molecule has 0 amide bonds. The number of aryl methyl sites for hydroxylation is 2. The van der Waals surface area contributed by atoms with Crippen LogP contribution in [0.4, 0.5) is 0 Å². The van der Waals surface area contributed by atoms with Crippen molar-refractivity contribution in [3.63, 3.8) is 0 Å². The first-order valence-corrected chi connectivity index (χ1v) is 11.6. The highest BCUT2D eigenvalue weighted by atomic mass is 15.1. The number of hydrogen-bond acceptors (Lipinski definition) is 4. The van der Waals surface area contributed by atoms with Gasteiger partial charge in [-0.1, -0.05) is 97.2 Å². The number of hydrogen-bond donors (Lipinski definition) is 4. The van der Waals surface area contributed by atoms with Crippen LogP contribution in [0.2, 0.25) is 0 Å². The van der Waals surface area contributed by atoms with E-state index in [4.69, 9.17) is 0 Å². The van der Waals surface area contributed by atoms with E-state index in [0.29, 0.717) is 0 Å². The van der Waals surface area contributed by atoms with E-state index in [9.17, 15) is 0 Å². The highest BCUT2D eigenvalue weighted by Gasteiger charge is 1.93. The molecule has 0 unspecified atom stereocenters. The van der Waals surface area contributed by atoms with Crippen LogP contribution in [-0.2, 0) is 0 Å². The van der Waals surface area contributed by atoms with Crippen LogP contribution in [-0.4, -0.2) is 39.5 Å². The third kappa shape index (κ3) is 38.3. The molecule has 0 saturated heterocycles. The van der Waals surface area contributed by atoms with E-state index in [1.165, 1.54) is 17.5 Å². The number of rotatable bonds is 10. The van der Waals surface area contributed by atoms with Crippen LogP contribution in [0.15, 0.2) is 24.3 Å². The largest absolute Gasteiger partial charge is 0.305 e. The summed E-state index contributed by atoms with van der Waals surface area (Å²) in [5.74, 6) is 1.49. The zero-order valence-corrected chi connectivity index (χ0v) is 21.4. The summed E-state index contributed by atoms with van der Waals surface area (Å²) < 4.78 is 0. The van der Waals surface area contributed by atoms with Gasteiger partial charge < -0.3 is 21.3 Å². The van der Waals surface area contributed by atoms with Crippen molar-refractivity contribution in [3.05, 3.63) is 35.4 Å². The summed E-state index contributed by atoms with van der Waals surface area (Å²) >= 11 is 0. The summed E-state index contributed by atoms with van der Waals surface area (Å²) in [6, 6.07) is 8.48. The van der Waals surface area contributed by atoms with Crippen molar-refractivity contribution in [1.82, 2.24) is 21.3 Å². The molecule has 0 heterocycles. The molecule has 0 aliphatic heterocycles. The van der Waals surface area contributed by atoms with Crippen LogP contribution >= 0.6 is 0 Å². The van der Waals surface area contributed by atoms with Gasteiger partial charge in [-0.05, 0) is 51.9 Å². The summed E-state index contributed by atoms with van der Waals surface area (Å²) in [5.41, 5.74) is 2.66. The second-order valence-electron chi connectivity index (χ2n) is 8.12. The van der Waals surface area contributed by atoms with Crippen molar-refractivity contribution in [3.8, 4) is 0 Å². The molecule has 1 aromatic rings. The van der Waals surface area contributed by atoms with E-state index in [1.54, 1.807) is 0 Å². The van der Waals surface area contributed by atoms with E-state index in [1.807, 2.05) is 0 Å². The molecule has 0 spiro atoms. The molecule has 0 radical (unpaired) electrons. The van der Waals surface area contributed by atoms with Gasteiger partial charge in [0, 0.05) is 13.3 Å². The fourth-order valence-corrected chi connectivity index (χ4v) is 1.79. The molecule has 0 aliphatic carbocycles. The average Bonchev–Trinajstić information content (AvgIpc) is 2.65. The monoisotopic (exact) mass is 410 g/mol. The van der Waals surface area contributed by atoms with Gasteiger partial charge >= 0.3 is 0 Å². The van der Waals surface area contributed by atoms with Crippen molar-refractivity contribution in [2.75, 3.05) is 39.5 Å². The van der Waals surface area contributed by atoms with Crippen LogP contribution in [0.25, 0.3) is 0 Å². The van der Waals surface area contributed by atoms with Crippen molar-refractivity contribution in [2.24, 2.45) is 11.8 Å². The van der Waals surface area contributed by atoms with E-state index >= 15 is 0 Å². The minimum Gasteiger partial charge on any atom is -0.305 e. The van der Waals surface area contributed by atoms with Gasteiger partial charge in [0.05, 0.1) is 0 Å². The molecular formula is C25H54N4. The van der Waals surface area contributed by atoms with Gasteiger partial charge in [-0.2, -0.15) is 0 Å². The fraction of sp³-hybridized carbons (Fsp3) is 0.760. The SMILES string of the molecule is CC(C)CNCNCC(C)C.CCC.CCNCNCC.Cc1ccc(C)cc1. The average molecular weight is 411 g/mol. The van der Waals surface area contributed by atoms with Gasteiger partial charge in [-0.15, -0.1) is 0 Å². The molecule has 4 N–H and O–H groups in total. The maximum absolute atomic E-state index is 3.33. The molecule has 29 heavy (non-hydrogen) atoms. The summed E-state index contributed by atoms with van der Waals surface area (Å²) in [6.07, 6.45) is 1.25. The van der Waals surface area contributed by atoms with Crippen molar-refractivity contribution in [2.45, 2.75) is 75.7 Å². The maximum atomic E-state index is 3.33. The Bertz CT molecular complexity index is 353. The molecule has 174 valence electrons. The maximum Gasteiger partial charge on any atom is 0.0454 e. The van der Waals surface area contributed by atoms with Gasteiger partial charge in [-0.25, -0.2) is 0 Å². The van der Waals surface area contributed by atoms with Gasteiger partial charge in [0.15, 0.2) is 0 Å². The Morgan fingerprint density at radius 2 is 0.862 bits per heavy atom. The Labute approximate surface area is 184 Å². The first kappa shape index (κ1) is 32.7. The number of benzene rings is 1. The van der Waals surface area contributed by atoms with Crippen LogP contribution in [0.5, 0.6) is 0 Å². The molecule has 0 aliphatic rings. The lowest BCUT2D eigenvalue weighted by molar-refractivity contribution is 0.482. The second-order valence-corrected chi connectivity index (χ2v) is 8.12. The summed E-state index contributed by atoms with van der Waals surface area (Å²) in [4.78, 5) is 0. The van der Waals surface area contributed by atoms with E-state index in [2.05, 4.69) is 115 Å². The first-order chi connectivity index (χ1) is 13.7. The summed E-state index contributed by atoms with van der Waals surface area (Å²) in [6.45, 7) is 27.7. The molecule has 0 aromatic heterocycles. The Morgan fingerprint density at radius 1 is 0.586 bits per heavy atom. The first-order valence-electron chi connectivity index (χ1n) is 11.6. The topological polar surface area (TPSA) is 48.1 Å². The Balaban J connectivity index is -0.000000334. The summed E-state index contributed by atoms with van der Waals surface area (Å²) in [5, 5.41) is 12.9. The molecule has 4 nitrogen and oxygen atoms in total. The van der Waals surface area contributed by atoms with Gasteiger partial charge in [0.1, 0.15) is 0 Å². The van der Waals surface area contributed by atoms with Crippen molar-refractivity contribution >= 4 is 0 Å². The fourth-order valence-electron chi connectivity index (χ4n) is 1.79. The third-order valence-electron chi connectivity index (χ3n) is 3.32. The molecule has 4 heteroatoms. The Morgan fingerprint density at radius 3 is 1.10 bits per heavy atom. The normalized spacial score (nSPS) is 9.79. The minimum absolute atomic E-state index is 0.746. The molecule has 1 aromatic carbocycles. The zero-order valence-electron chi connectivity index (χ0n) is 21.4. The highest BCUT2D eigenvalue weighted by molar-refractivity contribution is 5.19. The van der Waals surface area contributed by atoms with E-state index < -0.39 is 0 Å². The zero-order chi connectivity index (χ0) is 22.9. The van der Waals surface area contributed by atoms with Crippen molar-refractivity contribution < 1.29 is 0 Å². The molecule has 0 saturated carbocycles. The third-order valence-corrected chi connectivity index (χ3v) is 3.32. The van der Waals surface area contributed by atoms with Crippen LogP contribution in [0, 0.1) is 25.7 Å². The summed E-state index contributed by atoms with van der Waals surface area (Å²) in [7, 11) is 0.